The first kappa shape index (κ1) is 25.9. The Bertz CT molecular complexity index is 1280. The average molecular weight is 500 g/mol. The normalized spacial score (nSPS) is 17.3. The van der Waals surface area contributed by atoms with Crippen molar-refractivity contribution in [3.05, 3.63) is 89.0 Å². The van der Waals surface area contributed by atoms with Crippen molar-refractivity contribution in [1.29, 1.82) is 0 Å². The van der Waals surface area contributed by atoms with E-state index in [4.69, 9.17) is 4.74 Å². The van der Waals surface area contributed by atoms with Crippen LogP contribution in [0, 0.1) is 26.7 Å². The third kappa shape index (κ3) is 5.66. The molecule has 1 aliphatic heterocycles. The van der Waals surface area contributed by atoms with Crippen molar-refractivity contribution < 1.29 is 19.1 Å². The first-order valence-electron chi connectivity index (χ1n) is 12.5. The maximum Gasteiger partial charge on any atom is 0.243 e. The van der Waals surface area contributed by atoms with E-state index in [2.05, 4.69) is 10.6 Å². The van der Waals surface area contributed by atoms with E-state index in [9.17, 15) is 14.4 Å². The number of rotatable bonds is 7. The Morgan fingerprint density at radius 3 is 2.30 bits per heavy atom. The van der Waals surface area contributed by atoms with Crippen LogP contribution in [0.2, 0.25) is 0 Å². The fourth-order valence-electron chi connectivity index (χ4n) is 4.94. The van der Waals surface area contributed by atoms with E-state index in [-0.39, 0.29) is 30.7 Å². The molecule has 1 aliphatic rings. The predicted octanol–water partition coefficient (Wildman–Crippen LogP) is 4.86. The van der Waals surface area contributed by atoms with Crippen molar-refractivity contribution >= 4 is 29.1 Å². The van der Waals surface area contributed by atoms with E-state index >= 15 is 0 Å². The molecule has 0 spiro atoms. The second-order valence-corrected chi connectivity index (χ2v) is 9.46. The highest BCUT2D eigenvalue weighted by atomic mass is 16.5. The van der Waals surface area contributed by atoms with E-state index in [0.29, 0.717) is 12.2 Å². The van der Waals surface area contributed by atoms with Crippen LogP contribution >= 0.6 is 0 Å². The standard InChI is InChI=1S/C30H33N3O4/c1-19-12-14-22(15-13-19)33-27(35)17-16-24(29(33)23-10-5-6-11-25(23)37-4)30(36)31-18-26(34)32-28-20(2)8-7-9-21(28)3/h5-15,24,29H,16-18H2,1-4H3,(H,31,36)(H,32,34). The predicted molar refractivity (Wildman–Crippen MR) is 145 cm³/mol. The number of hydrogen-bond donors (Lipinski definition) is 2. The average Bonchev–Trinajstić information content (AvgIpc) is 2.90. The van der Waals surface area contributed by atoms with Crippen LogP contribution in [0.3, 0.4) is 0 Å². The molecule has 3 aromatic carbocycles. The van der Waals surface area contributed by atoms with E-state index < -0.39 is 12.0 Å². The fourth-order valence-corrected chi connectivity index (χ4v) is 4.94. The lowest BCUT2D eigenvalue weighted by Gasteiger charge is -2.41. The lowest BCUT2D eigenvalue weighted by Crippen LogP contribution is -2.49. The van der Waals surface area contributed by atoms with Crippen LogP contribution < -0.4 is 20.3 Å². The maximum absolute atomic E-state index is 13.5. The number of anilines is 2. The van der Waals surface area contributed by atoms with Gasteiger partial charge in [0.2, 0.25) is 17.7 Å². The smallest absolute Gasteiger partial charge is 0.243 e. The molecule has 7 nitrogen and oxygen atoms in total. The summed E-state index contributed by atoms with van der Waals surface area (Å²) in [5.74, 6) is -0.608. The van der Waals surface area contributed by atoms with Gasteiger partial charge in [-0.25, -0.2) is 0 Å². The Hall–Kier alpha value is -4.13. The second-order valence-electron chi connectivity index (χ2n) is 9.46. The Kier molecular flexibility index (Phi) is 7.92. The number of methoxy groups -OCH3 is 1. The largest absolute Gasteiger partial charge is 0.496 e. The Morgan fingerprint density at radius 2 is 1.62 bits per heavy atom. The summed E-state index contributed by atoms with van der Waals surface area (Å²) in [6.07, 6.45) is 0.598. The summed E-state index contributed by atoms with van der Waals surface area (Å²) in [6, 6.07) is 20.3. The third-order valence-electron chi connectivity index (χ3n) is 6.87. The van der Waals surface area contributed by atoms with Gasteiger partial charge in [0.15, 0.2) is 0 Å². The van der Waals surface area contributed by atoms with Crippen molar-refractivity contribution in [3.63, 3.8) is 0 Å². The molecule has 192 valence electrons. The number of ether oxygens (including phenoxy) is 1. The first-order valence-corrected chi connectivity index (χ1v) is 12.5. The first-order chi connectivity index (χ1) is 17.8. The molecule has 7 heteroatoms. The molecule has 1 fully saturated rings. The third-order valence-corrected chi connectivity index (χ3v) is 6.87. The summed E-state index contributed by atoms with van der Waals surface area (Å²) in [5, 5.41) is 5.72. The van der Waals surface area contributed by atoms with E-state index in [1.807, 2.05) is 87.5 Å². The van der Waals surface area contributed by atoms with Crippen molar-refractivity contribution in [2.24, 2.45) is 5.92 Å². The van der Waals surface area contributed by atoms with Gasteiger partial charge in [-0.3, -0.25) is 14.4 Å². The molecule has 0 saturated carbocycles. The molecule has 0 bridgehead atoms. The molecule has 1 heterocycles. The highest BCUT2D eigenvalue weighted by Gasteiger charge is 2.42. The van der Waals surface area contributed by atoms with Gasteiger partial charge in [0.1, 0.15) is 5.75 Å². The molecule has 2 N–H and O–H groups in total. The van der Waals surface area contributed by atoms with Gasteiger partial charge in [0.05, 0.1) is 25.6 Å². The SMILES string of the molecule is COc1ccccc1C1C(C(=O)NCC(=O)Nc2c(C)cccc2C)CCC(=O)N1c1ccc(C)cc1. The van der Waals surface area contributed by atoms with Gasteiger partial charge in [-0.15, -0.1) is 0 Å². The Labute approximate surface area is 217 Å². The molecule has 2 atom stereocenters. The summed E-state index contributed by atoms with van der Waals surface area (Å²) in [5.41, 5.74) is 5.20. The lowest BCUT2D eigenvalue weighted by atomic mass is 9.82. The van der Waals surface area contributed by atoms with E-state index in [1.54, 1.807) is 12.0 Å². The zero-order valence-corrected chi connectivity index (χ0v) is 21.7. The molecule has 3 amide bonds. The molecular formula is C30H33N3O4. The van der Waals surface area contributed by atoms with E-state index in [1.165, 1.54) is 0 Å². The molecule has 37 heavy (non-hydrogen) atoms. The Balaban J connectivity index is 1.60. The van der Waals surface area contributed by atoms with Gasteiger partial charge < -0.3 is 20.3 Å². The van der Waals surface area contributed by atoms with Gasteiger partial charge in [0, 0.05) is 23.4 Å². The minimum absolute atomic E-state index is 0.0587. The number of nitrogens with zero attached hydrogens (tertiary/aromatic N) is 1. The highest BCUT2D eigenvalue weighted by Crippen LogP contribution is 2.43. The molecule has 4 rings (SSSR count). The monoisotopic (exact) mass is 499 g/mol. The van der Waals surface area contributed by atoms with Gasteiger partial charge in [-0.2, -0.15) is 0 Å². The number of hydrogen-bond acceptors (Lipinski definition) is 4. The van der Waals surface area contributed by atoms with Crippen molar-refractivity contribution in [3.8, 4) is 5.75 Å². The zero-order valence-electron chi connectivity index (χ0n) is 21.7. The van der Waals surface area contributed by atoms with Crippen LogP contribution in [0.25, 0.3) is 0 Å². The number of benzene rings is 3. The molecule has 3 aromatic rings. The second kappa shape index (κ2) is 11.3. The number of amides is 3. The summed E-state index contributed by atoms with van der Waals surface area (Å²) >= 11 is 0. The Morgan fingerprint density at radius 1 is 0.946 bits per heavy atom. The molecule has 0 aliphatic carbocycles. The number of aryl methyl sites for hydroxylation is 3. The molecule has 0 aromatic heterocycles. The number of nitrogens with one attached hydrogen (secondary N) is 2. The molecular weight excluding hydrogens is 466 g/mol. The van der Waals surface area contributed by atoms with Crippen LogP contribution in [0.1, 0.15) is 41.1 Å². The van der Waals surface area contributed by atoms with Gasteiger partial charge >= 0.3 is 0 Å². The summed E-state index contributed by atoms with van der Waals surface area (Å²) < 4.78 is 5.62. The highest BCUT2D eigenvalue weighted by molar-refractivity contribution is 5.99. The number of piperidine rings is 1. The van der Waals surface area contributed by atoms with Gasteiger partial charge in [-0.1, -0.05) is 54.1 Å². The van der Waals surface area contributed by atoms with Crippen LogP contribution in [0.5, 0.6) is 5.75 Å². The van der Waals surface area contributed by atoms with Crippen LogP contribution in [-0.2, 0) is 14.4 Å². The molecule has 2 unspecified atom stereocenters. The van der Waals surface area contributed by atoms with Gasteiger partial charge in [-0.05, 0) is 56.5 Å². The number of carbonyl (C=O) groups is 3. The lowest BCUT2D eigenvalue weighted by molar-refractivity contribution is -0.130. The fraction of sp³-hybridized carbons (Fsp3) is 0.300. The minimum Gasteiger partial charge on any atom is -0.496 e. The van der Waals surface area contributed by atoms with Gasteiger partial charge in [0.25, 0.3) is 0 Å². The summed E-state index contributed by atoms with van der Waals surface area (Å²) in [4.78, 5) is 41.2. The quantitative estimate of drug-likeness (QED) is 0.486. The number of carbonyl (C=O) groups excluding carboxylic acids is 3. The molecule has 0 radical (unpaired) electrons. The topological polar surface area (TPSA) is 87.7 Å². The van der Waals surface area contributed by atoms with Crippen LogP contribution in [0.4, 0.5) is 11.4 Å². The van der Waals surface area contributed by atoms with Crippen molar-refractivity contribution in [2.75, 3.05) is 23.9 Å². The van der Waals surface area contributed by atoms with E-state index in [0.717, 1.165) is 33.6 Å². The molecule has 1 saturated heterocycles. The van der Waals surface area contributed by atoms with Crippen LogP contribution in [-0.4, -0.2) is 31.4 Å². The maximum atomic E-state index is 13.5. The van der Waals surface area contributed by atoms with Crippen molar-refractivity contribution in [2.45, 2.75) is 39.7 Å². The van der Waals surface area contributed by atoms with Crippen LogP contribution in [0.15, 0.2) is 66.7 Å². The van der Waals surface area contributed by atoms with Crippen molar-refractivity contribution in [1.82, 2.24) is 5.32 Å². The summed E-state index contributed by atoms with van der Waals surface area (Å²) in [6.45, 7) is 5.68. The zero-order chi connectivity index (χ0) is 26.5. The number of para-hydroxylation sites is 2. The summed E-state index contributed by atoms with van der Waals surface area (Å²) in [7, 11) is 1.58. The minimum atomic E-state index is -0.582.